The van der Waals surface area contributed by atoms with Crippen LogP contribution < -0.4 is 15.8 Å². The topological polar surface area (TPSA) is 86.5 Å². The number of amides is 1. The Hall–Kier alpha value is -1.66. The molecule has 0 spiro atoms. The van der Waals surface area contributed by atoms with Gasteiger partial charge in [-0.3, -0.25) is 4.79 Å². The molecule has 3 N–H and O–H groups in total. The van der Waals surface area contributed by atoms with E-state index in [1.165, 1.54) is 0 Å². The molecule has 112 valence electrons. The first-order chi connectivity index (χ1) is 9.69. The molecule has 0 aliphatic carbocycles. The van der Waals surface area contributed by atoms with E-state index in [0.29, 0.717) is 37.7 Å². The summed E-state index contributed by atoms with van der Waals surface area (Å²) in [5, 5.41) is 2.80. The molecule has 1 heterocycles. The summed E-state index contributed by atoms with van der Waals surface area (Å²) in [5.74, 6) is 0.685. The molecule has 0 fully saturated rings. The third kappa shape index (κ3) is 5.99. The van der Waals surface area contributed by atoms with Crippen LogP contribution in [0.3, 0.4) is 0 Å². The highest BCUT2D eigenvalue weighted by atomic mass is 16.5. The fourth-order valence-electron chi connectivity index (χ4n) is 1.64. The Morgan fingerprint density at radius 1 is 1.45 bits per heavy atom. The summed E-state index contributed by atoms with van der Waals surface area (Å²) in [6, 6.07) is 3.47. The quantitative estimate of drug-likeness (QED) is 0.668. The molecule has 6 heteroatoms. The molecule has 0 saturated heterocycles. The molecule has 20 heavy (non-hydrogen) atoms. The van der Waals surface area contributed by atoms with Gasteiger partial charge in [-0.2, -0.15) is 0 Å². The minimum Gasteiger partial charge on any atom is -0.475 e. The number of carbonyl (C=O) groups excluding carboxylic acids is 1. The van der Waals surface area contributed by atoms with Gasteiger partial charge in [0.2, 0.25) is 11.8 Å². The zero-order valence-corrected chi connectivity index (χ0v) is 12.1. The fraction of sp³-hybridized carbons (Fsp3) is 0.571. The van der Waals surface area contributed by atoms with Gasteiger partial charge in [0.1, 0.15) is 6.61 Å². The average Bonchev–Trinajstić information content (AvgIpc) is 2.47. The summed E-state index contributed by atoms with van der Waals surface area (Å²) >= 11 is 0. The Labute approximate surface area is 119 Å². The zero-order chi connectivity index (χ0) is 14.8. The molecule has 1 aromatic heterocycles. The third-order valence-corrected chi connectivity index (χ3v) is 2.94. The number of carbonyl (C=O) groups is 1. The van der Waals surface area contributed by atoms with Crippen LogP contribution in [-0.2, 0) is 9.53 Å². The highest BCUT2D eigenvalue weighted by Gasteiger charge is 2.10. The highest BCUT2D eigenvalue weighted by Crippen LogP contribution is 2.13. The SMILES string of the molecule is CCC(CN)CC(=O)Nc1ccc(OCCOC)nc1. The van der Waals surface area contributed by atoms with Crippen molar-refractivity contribution in [2.75, 3.05) is 32.2 Å². The molecule has 1 rings (SSSR count). The van der Waals surface area contributed by atoms with Crippen LogP contribution in [0.25, 0.3) is 0 Å². The van der Waals surface area contributed by atoms with Gasteiger partial charge in [-0.25, -0.2) is 4.98 Å². The number of hydrogen-bond donors (Lipinski definition) is 2. The lowest BCUT2D eigenvalue weighted by molar-refractivity contribution is -0.117. The largest absolute Gasteiger partial charge is 0.475 e. The Bertz CT molecular complexity index is 391. The van der Waals surface area contributed by atoms with Crippen molar-refractivity contribution in [1.82, 2.24) is 4.98 Å². The Morgan fingerprint density at radius 2 is 2.25 bits per heavy atom. The van der Waals surface area contributed by atoms with Gasteiger partial charge in [0.25, 0.3) is 0 Å². The number of hydrogen-bond acceptors (Lipinski definition) is 5. The molecule has 1 aromatic rings. The van der Waals surface area contributed by atoms with Crippen LogP contribution in [0.15, 0.2) is 18.3 Å². The molecule has 0 aliphatic rings. The number of rotatable bonds is 9. The summed E-state index contributed by atoms with van der Waals surface area (Å²) in [5.41, 5.74) is 6.24. The first-order valence-corrected chi connectivity index (χ1v) is 6.77. The van der Waals surface area contributed by atoms with E-state index >= 15 is 0 Å². The molecule has 0 aromatic carbocycles. The zero-order valence-electron chi connectivity index (χ0n) is 12.1. The smallest absolute Gasteiger partial charge is 0.224 e. The Balaban J connectivity index is 2.42. The molecule has 0 aliphatic heterocycles. The van der Waals surface area contributed by atoms with E-state index in [1.54, 1.807) is 25.4 Å². The summed E-state index contributed by atoms with van der Waals surface area (Å²) in [6.07, 6.45) is 2.90. The predicted molar refractivity (Wildman–Crippen MR) is 77.7 cm³/mol. The van der Waals surface area contributed by atoms with Crippen molar-refractivity contribution in [3.8, 4) is 5.88 Å². The normalized spacial score (nSPS) is 11.9. The van der Waals surface area contributed by atoms with Crippen LogP contribution in [0, 0.1) is 5.92 Å². The van der Waals surface area contributed by atoms with Crippen molar-refractivity contribution >= 4 is 11.6 Å². The van der Waals surface area contributed by atoms with Crippen molar-refractivity contribution in [3.63, 3.8) is 0 Å². The van der Waals surface area contributed by atoms with Crippen molar-refractivity contribution in [2.45, 2.75) is 19.8 Å². The van der Waals surface area contributed by atoms with Crippen LogP contribution in [0.4, 0.5) is 5.69 Å². The van der Waals surface area contributed by atoms with Gasteiger partial charge in [-0.1, -0.05) is 13.3 Å². The standard InChI is InChI=1S/C14H23N3O3/c1-3-11(9-15)8-13(18)17-12-4-5-14(16-10-12)20-7-6-19-2/h4-5,10-11H,3,6-9,15H2,1-2H3,(H,17,18). The molecular weight excluding hydrogens is 258 g/mol. The lowest BCUT2D eigenvalue weighted by Crippen LogP contribution is -2.21. The van der Waals surface area contributed by atoms with Crippen LogP contribution in [0.5, 0.6) is 5.88 Å². The number of ether oxygens (including phenoxy) is 2. The van der Waals surface area contributed by atoms with E-state index in [9.17, 15) is 4.79 Å². The number of nitrogens with one attached hydrogen (secondary N) is 1. The molecule has 6 nitrogen and oxygen atoms in total. The first-order valence-electron chi connectivity index (χ1n) is 6.77. The van der Waals surface area contributed by atoms with Crippen molar-refractivity contribution < 1.29 is 14.3 Å². The van der Waals surface area contributed by atoms with E-state index in [4.69, 9.17) is 15.2 Å². The van der Waals surface area contributed by atoms with Gasteiger partial charge in [-0.05, 0) is 18.5 Å². The molecule has 1 unspecified atom stereocenters. The highest BCUT2D eigenvalue weighted by molar-refractivity contribution is 5.90. The molecular formula is C14H23N3O3. The lowest BCUT2D eigenvalue weighted by Gasteiger charge is -2.12. The van der Waals surface area contributed by atoms with Crippen LogP contribution >= 0.6 is 0 Å². The Morgan fingerprint density at radius 3 is 2.80 bits per heavy atom. The number of pyridine rings is 1. The maximum Gasteiger partial charge on any atom is 0.224 e. The van der Waals surface area contributed by atoms with Gasteiger partial charge in [-0.15, -0.1) is 0 Å². The predicted octanol–water partition coefficient (Wildman–Crippen LogP) is 1.42. The summed E-state index contributed by atoms with van der Waals surface area (Å²) in [6.45, 7) is 3.51. The maximum absolute atomic E-state index is 11.8. The van der Waals surface area contributed by atoms with Crippen molar-refractivity contribution in [2.24, 2.45) is 11.7 Å². The number of nitrogens with two attached hydrogens (primary N) is 1. The first kappa shape index (κ1) is 16.4. The number of methoxy groups -OCH3 is 1. The van der Waals surface area contributed by atoms with E-state index < -0.39 is 0 Å². The summed E-state index contributed by atoms with van der Waals surface area (Å²) in [4.78, 5) is 15.9. The van der Waals surface area contributed by atoms with Crippen LogP contribution in [0.2, 0.25) is 0 Å². The molecule has 0 radical (unpaired) electrons. The monoisotopic (exact) mass is 281 g/mol. The number of anilines is 1. The van der Waals surface area contributed by atoms with Gasteiger partial charge >= 0.3 is 0 Å². The van der Waals surface area contributed by atoms with E-state index in [1.807, 2.05) is 6.92 Å². The maximum atomic E-state index is 11.8. The molecule has 1 amide bonds. The van der Waals surface area contributed by atoms with Crippen LogP contribution in [-0.4, -0.2) is 37.8 Å². The average molecular weight is 281 g/mol. The second kappa shape index (κ2) is 9.28. The van der Waals surface area contributed by atoms with Crippen molar-refractivity contribution in [1.29, 1.82) is 0 Å². The number of aromatic nitrogens is 1. The number of nitrogens with zero attached hydrogens (tertiary/aromatic N) is 1. The summed E-state index contributed by atoms with van der Waals surface area (Å²) in [7, 11) is 1.61. The van der Waals surface area contributed by atoms with Gasteiger partial charge in [0.15, 0.2) is 0 Å². The van der Waals surface area contributed by atoms with Gasteiger partial charge < -0.3 is 20.5 Å². The minimum absolute atomic E-state index is 0.0443. The fourth-order valence-corrected chi connectivity index (χ4v) is 1.64. The van der Waals surface area contributed by atoms with Crippen molar-refractivity contribution in [3.05, 3.63) is 18.3 Å². The van der Waals surface area contributed by atoms with Crippen LogP contribution in [0.1, 0.15) is 19.8 Å². The molecule has 0 saturated carbocycles. The second-order valence-corrected chi connectivity index (χ2v) is 4.49. The molecule has 0 bridgehead atoms. The second-order valence-electron chi connectivity index (χ2n) is 4.49. The van der Waals surface area contributed by atoms with Gasteiger partial charge in [0, 0.05) is 19.6 Å². The summed E-state index contributed by atoms with van der Waals surface area (Å²) < 4.78 is 10.2. The van der Waals surface area contributed by atoms with Gasteiger partial charge in [0.05, 0.1) is 18.5 Å². The third-order valence-electron chi connectivity index (χ3n) is 2.94. The Kier molecular flexibility index (Phi) is 7.60. The minimum atomic E-state index is -0.0443. The molecule has 1 atom stereocenters. The van der Waals surface area contributed by atoms with E-state index in [2.05, 4.69) is 10.3 Å². The van der Waals surface area contributed by atoms with E-state index in [-0.39, 0.29) is 11.8 Å². The lowest BCUT2D eigenvalue weighted by atomic mass is 10.0. The van der Waals surface area contributed by atoms with E-state index in [0.717, 1.165) is 6.42 Å².